The first kappa shape index (κ1) is 6.75. The smallest absolute Gasteiger partial charge is 0.160 e. The van der Waals surface area contributed by atoms with Crippen molar-refractivity contribution in [3.05, 3.63) is 52.9 Å². The van der Waals surface area contributed by atoms with Crippen molar-refractivity contribution in [1.82, 2.24) is 0 Å². The molecule has 1 unspecified atom stereocenters. The lowest BCUT2D eigenvalue weighted by atomic mass is 10.0. The van der Waals surface area contributed by atoms with Gasteiger partial charge in [-0.05, 0) is 73.8 Å². The fourth-order valence-corrected chi connectivity index (χ4v) is 1.64. The molecule has 0 aliphatic rings. The molecule has 0 fully saturated rings. The maximum absolute atomic E-state index is 10.8. The minimum atomic E-state index is -4.08. The van der Waals surface area contributed by atoms with E-state index in [0.29, 0.717) is 0 Å². The van der Waals surface area contributed by atoms with E-state index < -0.39 is 104 Å². The number of benzene rings is 2. The molecule has 2 aromatic carbocycles. The molecule has 2 aromatic rings. The summed E-state index contributed by atoms with van der Waals surface area (Å²) in [4.78, 5) is 0. The van der Waals surface area contributed by atoms with E-state index >= 15 is 0 Å². The molecule has 4 nitrogen and oxygen atoms in total. The zero-order chi connectivity index (χ0) is 34.8. The van der Waals surface area contributed by atoms with Crippen LogP contribution in [0.15, 0.2) is 36.3 Å². The number of rotatable bonds is 10. The molecule has 142 valence electrons. The van der Waals surface area contributed by atoms with Crippen LogP contribution in [0, 0.1) is 13.8 Å². The Morgan fingerprint density at radius 3 is 2.77 bits per heavy atom. The van der Waals surface area contributed by atoms with Crippen LogP contribution in [0.1, 0.15) is 60.5 Å². The van der Waals surface area contributed by atoms with Gasteiger partial charge in [-0.25, -0.2) is 0 Å². The minimum absolute atomic E-state index is 0.0923. The predicted molar refractivity (Wildman–Crippen MR) is 105 cm³/mol. The van der Waals surface area contributed by atoms with E-state index in [1.807, 2.05) is 0 Å². The Morgan fingerprint density at radius 1 is 1.15 bits per heavy atom. The van der Waals surface area contributed by atoms with Crippen LogP contribution >= 0.6 is 0 Å². The molecule has 1 N–H and O–H groups in total. The average molecular weight is 377 g/mol. The molecule has 0 radical (unpaired) electrons. The standard InChI is InChI=1S/C22H30O4/c1-16-9-11-20(13-17(16)2)26-15-19(23)8-6-5-7-18-10-12-21(24-3)22(14-18)25-4/h9-14,19,23H,5-8,15H2,1-4H3/i3D3,5D2,7D2,8D2,9D,10D,11D,12D,13D,14D,15D2,19D. The molecule has 0 saturated carbocycles. The highest BCUT2D eigenvalue weighted by Gasteiger charge is 2.07. The molecule has 0 heterocycles. The summed E-state index contributed by atoms with van der Waals surface area (Å²) in [6.07, 6.45) is -16.8. The van der Waals surface area contributed by atoms with E-state index in [1.54, 1.807) is 0 Å². The topological polar surface area (TPSA) is 47.9 Å². The first-order valence-corrected chi connectivity index (χ1v) is 7.36. The van der Waals surface area contributed by atoms with E-state index in [4.69, 9.17) is 34.1 Å². The Morgan fingerprint density at radius 2 is 2.00 bits per heavy atom. The monoisotopic (exact) mass is 376 g/mol. The lowest BCUT2D eigenvalue weighted by molar-refractivity contribution is 0.0976. The Labute approximate surface area is 182 Å². The zero-order valence-corrected chi connectivity index (χ0v) is 14.4. The van der Waals surface area contributed by atoms with Crippen molar-refractivity contribution in [3.8, 4) is 17.2 Å². The molecular weight excluding hydrogens is 328 g/mol. The molecule has 0 aliphatic heterocycles. The Kier molecular flexibility index (Phi) is 2.62. The van der Waals surface area contributed by atoms with Crippen molar-refractivity contribution in [2.75, 3.05) is 20.7 Å². The quantitative estimate of drug-likeness (QED) is 0.664. The second-order valence-corrected chi connectivity index (χ2v) is 4.88. The molecule has 2 rings (SSSR count). The Balaban J connectivity index is 2.63. The summed E-state index contributed by atoms with van der Waals surface area (Å²) in [6, 6.07) is -5.30. The second kappa shape index (κ2) is 10.1. The van der Waals surface area contributed by atoms with Crippen LogP contribution in [0.2, 0.25) is 0 Å². The van der Waals surface area contributed by atoms with Crippen molar-refractivity contribution in [3.63, 3.8) is 0 Å². The van der Waals surface area contributed by atoms with Gasteiger partial charge >= 0.3 is 0 Å². The normalized spacial score (nSPS) is 25.8. The van der Waals surface area contributed by atoms with Crippen LogP contribution < -0.4 is 14.2 Å². The van der Waals surface area contributed by atoms with E-state index in [9.17, 15) is 5.11 Å². The molecule has 26 heavy (non-hydrogen) atoms. The summed E-state index contributed by atoms with van der Waals surface area (Å²) in [5.41, 5.74) is -0.913. The van der Waals surface area contributed by atoms with Gasteiger partial charge in [0, 0.05) is 8.22 Å². The second-order valence-electron chi connectivity index (χ2n) is 4.88. The Bertz CT molecular complexity index is 1400. The van der Waals surface area contributed by atoms with Crippen LogP contribution in [0.4, 0.5) is 0 Å². The molecule has 0 aromatic heterocycles. The minimum Gasteiger partial charge on any atom is -0.493 e. The Hall–Kier alpha value is -2.20. The van der Waals surface area contributed by atoms with Crippen molar-refractivity contribution in [2.24, 2.45) is 0 Å². The zero-order valence-electron chi connectivity index (χ0n) is 32.4. The van der Waals surface area contributed by atoms with Gasteiger partial charge in [-0.2, -0.15) is 0 Å². The summed E-state index contributed by atoms with van der Waals surface area (Å²) >= 11 is 0. The molecule has 0 amide bonds. The summed E-state index contributed by atoms with van der Waals surface area (Å²) in [5, 5.41) is 10.8. The summed E-state index contributed by atoms with van der Waals surface area (Å²) in [7, 11) is -2.28. The lowest BCUT2D eigenvalue weighted by Gasteiger charge is -2.13. The van der Waals surface area contributed by atoms with Gasteiger partial charge in [0.15, 0.2) is 11.5 Å². The molecule has 0 spiro atoms. The van der Waals surface area contributed by atoms with Gasteiger partial charge in [0.05, 0.1) is 36.7 Å². The maximum atomic E-state index is 10.8. The molecule has 0 aliphatic carbocycles. The fourth-order valence-electron chi connectivity index (χ4n) is 1.64. The van der Waals surface area contributed by atoms with Crippen LogP contribution in [0.3, 0.4) is 0 Å². The molecule has 1 atom stereocenters. The molecule has 0 saturated heterocycles. The van der Waals surface area contributed by atoms with Crippen molar-refractivity contribution >= 4 is 0 Å². The van der Waals surface area contributed by atoms with E-state index in [-0.39, 0.29) is 11.1 Å². The van der Waals surface area contributed by atoms with Crippen LogP contribution in [-0.2, 0) is 6.37 Å². The van der Waals surface area contributed by atoms with Crippen molar-refractivity contribution in [2.45, 2.75) is 45.5 Å². The number of ether oxygens (including phenoxy) is 3. The van der Waals surface area contributed by atoms with Gasteiger partial charge in [0.25, 0.3) is 0 Å². The van der Waals surface area contributed by atoms with Gasteiger partial charge < -0.3 is 19.3 Å². The largest absolute Gasteiger partial charge is 0.493 e. The molecule has 0 bridgehead atoms. The van der Waals surface area contributed by atoms with Crippen LogP contribution in [0.5, 0.6) is 17.2 Å². The van der Waals surface area contributed by atoms with Gasteiger partial charge in [-0.1, -0.05) is 18.5 Å². The molecular formula is C22H30O4. The van der Waals surface area contributed by atoms with E-state index in [0.717, 1.165) is 7.11 Å². The summed E-state index contributed by atoms with van der Waals surface area (Å²) < 4.78 is 160. The number of methoxy groups -OCH3 is 2. The first-order valence-electron chi connectivity index (χ1n) is 16.4. The number of hydrogen-bond donors (Lipinski definition) is 1. The van der Waals surface area contributed by atoms with Gasteiger partial charge in [0.1, 0.15) is 12.3 Å². The lowest BCUT2D eigenvalue weighted by Crippen LogP contribution is -2.17. The average Bonchev–Trinajstić information content (AvgIpc) is 2.85. The highest BCUT2D eigenvalue weighted by molar-refractivity contribution is 5.42. The van der Waals surface area contributed by atoms with Crippen LogP contribution in [-0.4, -0.2) is 31.9 Å². The maximum Gasteiger partial charge on any atom is 0.160 e. The third kappa shape index (κ3) is 5.95. The highest BCUT2D eigenvalue weighted by atomic mass is 16.5. The van der Waals surface area contributed by atoms with Gasteiger partial charge in [-0.3, -0.25) is 0 Å². The third-order valence-electron chi connectivity index (χ3n) is 3.09. The fraction of sp³-hybridized carbons (Fsp3) is 0.455. The van der Waals surface area contributed by atoms with E-state index in [2.05, 4.69) is 4.74 Å². The highest BCUT2D eigenvalue weighted by Crippen LogP contribution is 2.28. The number of aliphatic hydroxyl groups is 1. The van der Waals surface area contributed by atoms with E-state index in [1.165, 1.54) is 13.8 Å². The van der Waals surface area contributed by atoms with Gasteiger partial charge in [0.2, 0.25) is 0 Å². The van der Waals surface area contributed by atoms with Crippen molar-refractivity contribution in [1.29, 1.82) is 0 Å². The van der Waals surface area contributed by atoms with Crippen molar-refractivity contribution < 1.29 is 44.0 Å². The van der Waals surface area contributed by atoms with Gasteiger partial charge in [-0.15, -0.1) is 0 Å². The number of hydrogen-bond acceptors (Lipinski definition) is 4. The summed E-state index contributed by atoms with van der Waals surface area (Å²) in [5.74, 6) is -2.69. The molecule has 4 heteroatoms. The van der Waals surface area contributed by atoms with Crippen LogP contribution in [0.25, 0.3) is 0 Å². The first-order chi connectivity index (χ1) is 19.5. The summed E-state index contributed by atoms with van der Waals surface area (Å²) in [6.45, 7) is -1.06. The SMILES string of the molecule is [2H]c1c([2H])c(OC([2H])([2H])C([2H])(O)C([2H])([2H])CC([2H])([2H])C([2H])([2H])c2c([2H])c([2H])c(OC([2H])([2H])[2H])c(OC)c2[2H])c([2H])c(C)c1C. The predicted octanol–water partition coefficient (Wildman–Crippen LogP) is 4.47. The third-order valence-corrected chi connectivity index (χ3v) is 3.09.